The zero-order valence-electron chi connectivity index (χ0n) is 16.3. The first kappa shape index (κ1) is 21.5. The maximum Gasteiger partial charge on any atom is 0.337 e. The molecule has 2 rings (SSSR count). The molecule has 0 saturated carbocycles. The number of carbonyl (C=O) groups is 3. The summed E-state index contributed by atoms with van der Waals surface area (Å²) in [7, 11) is 4.30. The van der Waals surface area contributed by atoms with E-state index in [9.17, 15) is 14.4 Å². The predicted octanol–water partition coefficient (Wildman–Crippen LogP) is 2.69. The molecule has 0 bridgehead atoms. The number of methoxy groups -OCH3 is 3. The molecule has 0 atom stereocenters. The highest BCUT2D eigenvalue weighted by Crippen LogP contribution is 2.29. The van der Waals surface area contributed by atoms with Gasteiger partial charge in [-0.25, -0.2) is 9.59 Å². The number of rotatable bonds is 8. The van der Waals surface area contributed by atoms with Crippen LogP contribution in [-0.2, 0) is 19.1 Å². The summed E-state index contributed by atoms with van der Waals surface area (Å²) in [6.45, 7) is -0.446. The van der Waals surface area contributed by atoms with Crippen molar-refractivity contribution >= 4 is 29.6 Å². The number of anilines is 1. The van der Waals surface area contributed by atoms with Gasteiger partial charge >= 0.3 is 11.9 Å². The van der Waals surface area contributed by atoms with Gasteiger partial charge in [0.1, 0.15) is 0 Å². The lowest BCUT2D eigenvalue weighted by atomic mass is 10.1. The highest BCUT2D eigenvalue weighted by molar-refractivity contribution is 5.95. The lowest BCUT2D eigenvalue weighted by molar-refractivity contribution is -0.142. The summed E-state index contributed by atoms with van der Waals surface area (Å²) in [5.74, 6) is -0.628. The molecule has 0 fully saturated rings. The number of amides is 1. The highest BCUT2D eigenvalue weighted by atomic mass is 16.5. The number of hydrogen-bond donors (Lipinski definition) is 1. The lowest BCUT2D eigenvalue weighted by Crippen LogP contribution is -2.20. The fourth-order valence-corrected chi connectivity index (χ4v) is 2.31. The van der Waals surface area contributed by atoms with Crippen LogP contribution in [0.3, 0.4) is 0 Å². The molecular formula is C21H21NO7. The molecule has 0 radical (unpaired) electrons. The standard InChI is InChI=1S/C21H21NO7/c1-26-17-10-9-16(12-18(17)27-2)22-19(23)13-29-20(24)11-6-14-4-7-15(8-5-14)21(25)28-3/h4-12H,13H2,1-3H3,(H,22,23)/b11-6+. The molecule has 2 aromatic carbocycles. The van der Waals surface area contributed by atoms with Crippen LogP contribution in [-0.4, -0.2) is 45.8 Å². The van der Waals surface area contributed by atoms with Crippen molar-refractivity contribution in [3.63, 3.8) is 0 Å². The van der Waals surface area contributed by atoms with E-state index in [4.69, 9.17) is 14.2 Å². The van der Waals surface area contributed by atoms with Crippen LogP contribution in [0.4, 0.5) is 5.69 Å². The van der Waals surface area contributed by atoms with Gasteiger partial charge < -0.3 is 24.3 Å². The minimum absolute atomic E-state index is 0.402. The van der Waals surface area contributed by atoms with Crippen molar-refractivity contribution < 1.29 is 33.3 Å². The van der Waals surface area contributed by atoms with Crippen molar-refractivity contribution in [2.24, 2.45) is 0 Å². The zero-order chi connectivity index (χ0) is 21.2. The largest absolute Gasteiger partial charge is 0.493 e. The van der Waals surface area contributed by atoms with Gasteiger partial charge in [0.2, 0.25) is 0 Å². The van der Waals surface area contributed by atoms with Gasteiger partial charge in [0.05, 0.1) is 26.9 Å². The Morgan fingerprint density at radius 2 is 1.62 bits per heavy atom. The van der Waals surface area contributed by atoms with Gasteiger partial charge in [-0.3, -0.25) is 4.79 Å². The SMILES string of the molecule is COC(=O)c1ccc(/C=C/C(=O)OCC(=O)Nc2ccc(OC)c(OC)c2)cc1. The minimum atomic E-state index is -0.676. The number of benzene rings is 2. The number of ether oxygens (including phenoxy) is 4. The average molecular weight is 399 g/mol. The van der Waals surface area contributed by atoms with E-state index in [-0.39, 0.29) is 0 Å². The summed E-state index contributed by atoms with van der Waals surface area (Å²) in [6.07, 6.45) is 2.70. The highest BCUT2D eigenvalue weighted by Gasteiger charge is 2.09. The molecule has 0 spiro atoms. The molecule has 29 heavy (non-hydrogen) atoms. The Balaban J connectivity index is 1.84. The fraction of sp³-hybridized carbons (Fsp3) is 0.190. The fourth-order valence-electron chi connectivity index (χ4n) is 2.31. The van der Waals surface area contributed by atoms with Crippen LogP contribution in [0, 0.1) is 0 Å². The molecule has 0 saturated heterocycles. The Morgan fingerprint density at radius 3 is 2.24 bits per heavy atom. The summed E-state index contributed by atoms with van der Waals surface area (Å²) in [5.41, 5.74) is 1.56. The predicted molar refractivity (Wildman–Crippen MR) is 106 cm³/mol. The van der Waals surface area contributed by atoms with E-state index in [0.29, 0.717) is 28.3 Å². The molecule has 8 nitrogen and oxygen atoms in total. The van der Waals surface area contributed by atoms with E-state index in [0.717, 1.165) is 0 Å². The second-order valence-corrected chi connectivity index (χ2v) is 5.67. The summed E-state index contributed by atoms with van der Waals surface area (Å²) >= 11 is 0. The van der Waals surface area contributed by atoms with Crippen LogP contribution in [0.25, 0.3) is 6.08 Å². The van der Waals surface area contributed by atoms with E-state index in [1.807, 2.05) is 0 Å². The van der Waals surface area contributed by atoms with Crippen LogP contribution in [0.5, 0.6) is 11.5 Å². The number of carbonyl (C=O) groups excluding carboxylic acids is 3. The number of hydrogen-bond acceptors (Lipinski definition) is 7. The van der Waals surface area contributed by atoms with Crippen molar-refractivity contribution in [2.45, 2.75) is 0 Å². The van der Waals surface area contributed by atoms with Gasteiger partial charge in [-0.05, 0) is 35.9 Å². The zero-order valence-corrected chi connectivity index (χ0v) is 16.3. The Hall–Kier alpha value is -3.81. The van der Waals surface area contributed by atoms with Gasteiger partial charge in [0.25, 0.3) is 5.91 Å². The Bertz CT molecular complexity index is 904. The summed E-state index contributed by atoms with van der Waals surface area (Å²) in [5, 5.41) is 2.60. The van der Waals surface area contributed by atoms with Crippen LogP contribution in [0.15, 0.2) is 48.5 Å². The molecule has 8 heteroatoms. The van der Waals surface area contributed by atoms with Crippen molar-refractivity contribution in [3.8, 4) is 11.5 Å². The van der Waals surface area contributed by atoms with E-state index in [1.165, 1.54) is 33.5 Å². The Labute approximate surface area is 168 Å². The molecule has 0 aliphatic heterocycles. The van der Waals surface area contributed by atoms with Crippen molar-refractivity contribution in [3.05, 3.63) is 59.7 Å². The Kier molecular flexibility index (Phi) is 7.78. The van der Waals surface area contributed by atoms with Crippen LogP contribution in [0.2, 0.25) is 0 Å². The third-order valence-electron chi connectivity index (χ3n) is 3.76. The van der Waals surface area contributed by atoms with Crippen LogP contribution >= 0.6 is 0 Å². The monoisotopic (exact) mass is 399 g/mol. The quantitative estimate of drug-likeness (QED) is 0.538. The minimum Gasteiger partial charge on any atom is -0.493 e. The van der Waals surface area contributed by atoms with E-state index in [2.05, 4.69) is 10.1 Å². The average Bonchev–Trinajstić information content (AvgIpc) is 2.75. The topological polar surface area (TPSA) is 100 Å². The molecule has 0 unspecified atom stereocenters. The van der Waals surface area contributed by atoms with Gasteiger partial charge in [0.15, 0.2) is 18.1 Å². The van der Waals surface area contributed by atoms with Gasteiger partial charge in [-0.2, -0.15) is 0 Å². The van der Waals surface area contributed by atoms with Crippen molar-refractivity contribution in [2.75, 3.05) is 33.3 Å². The lowest BCUT2D eigenvalue weighted by Gasteiger charge is -2.10. The van der Waals surface area contributed by atoms with Gasteiger partial charge in [0, 0.05) is 17.8 Å². The molecule has 0 heterocycles. The smallest absolute Gasteiger partial charge is 0.337 e. The molecule has 1 amide bonds. The van der Waals surface area contributed by atoms with Gasteiger partial charge in [-0.1, -0.05) is 12.1 Å². The molecule has 152 valence electrons. The van der Waals surface area contributed by atoms with Crippen LogP contribution in [0.1, 0.15) is 15.9 Å². The molecular weight excluding hydrogens is 378 g/mol. The maximum absolute atomic E-state index is 11.9. The summed E-state index contributed by atoms with van der Waals surface area (Å²) in [6, 6.07) is 11.3. The van der Waals surface area contributed by atoms with Crippen molar-refractivity contribution in [1.29, 1.82) is 0 Å². The maximum atomic E-state index is 11.9. The third-order valence-corrected chi connectivity index (χ3v) is 3.76. The molecule has 0 aliphatic rings. The van der Waals surface area contributed by atoms with Crippen LogP contribution < -0.4 is 14.8 Å². The Morgan fingerprint density at radius 1 is 0.931 bits per heavy atom. The van der Waals surface area contributed by atoms with Crippen molar-refractivity contribution in [1.82, 2.24) is 0 Å². The van der Waals surface area contributed by atoms with E-state index in [1.54, 1.807) is 42.5 Å². The molecule has 2 aromatic rings. The normalized spacial score (nSPS) is 10.3. The number of nitrogens with one attached hydrogen (secondary N) is 1. The first-order valence-corrected chi connectivity index (χ1v) is 8.52. The third kappa shape index (κ3) is 6.39. The van der Waals surface area contributed by atoms with E-state index < -0.39 is 24.5 Å². The summed E-state index contributed by atoms with van der Waals surface area (Å²) < 4.78 is 19.8. The first-order valence-electron chi connectivity index (χ1n) is 8.52. The first-order chi connectivity index (χ1) is 14.0. The second-order valence-electron chi connectivity index (χ2n) is 5.67. The van der Waals surface area contributed by atoms with E-state index >= 15 is 0 Å². The second kappa shape index (κ2) is 10.5. The molecule has 1 N–H and O–H groups in total. The number of esters is 2. The summed E-state index contributed by atoms with van der Waals surface area (Å²) in [4.78, 5) is 35.1. The van der Waals surface area contributed by atoms with Gasteiger partial charge in [-0.15, -0.1) is 0 Å². The molecule has 0 aliphatic carbocycles. The molecule has 0 aromatic heterocycles.